The van der Waals surface area contributed by atoms with Gasteiger partial charge in [0, 0.05) is 25.8 Å². The van der Waals surface area contributed by atoms with Gasteiger partial charge in [-0.05, 0) is 42.7 Å². The van der Waals surface area contributed by atoms with E-state index in [1.165, 1.54) is 12.1 Å². The highest BCUT2D eigenvalue weighted by molar-refractivity contribution is 5.79. The summed E-state index contributed by atoms with van der Waals surface area (Å²) in [5, 5.41) is 2.82. The topological polar surface area (TPSA) is 71.3 Å². The minimum absolute atomic E-state index is 0.135. The van der Waals surface area contributed by atoms with E-state index < -0.39 is 11.7 Å². The molecule has 29 heavy (non-hydrogen) atoms. The van der Waals surface area contributed by atoms with Gasteiger partial charge in [-0.1, -0.05) is 12.1 Å². The normalized spacial score (nSPS) is 17.5. The van der Waals surface area contributed by atoms with Gasteiger partial charge < -0.3 is 14.6 Å². The number of rotatable bonds is 4. The summed E-state index contributed by atoms with van der Waals surface area (Å²) in [6.07, 6.45) is -1.19. The highest BCUT2D eigenvalue weighted by Crippen LogP contribution is 2.29. The molecule has 152 valence electrons. The van der Waals surface area contributed by atoms with E-state index in [2.05, 4.69) is 15.3 Å². The molecule has 2 aromatic heterocycles. The number of anilines is 1. The van der Waals surface area contributed by atoms with Gasteiger partial charge in [-0.25, -0.2) is 4.98 Å². The van der Waals surface area contributed by atoms with Crippen LogP contribution in [0, 0.1) is 5.92 Å². The molecular formula is C20H19F3N4O2. The van der Waals surface area contributed by atoms with Gasteiger partial charge in [0.15, 0.2) is 5.58 Å². The molecule has 1 fully saturated rings. The van der Waals surface area contributed by atoms with Crippen LogP contribution in [0.25, 0.3) is 11.2 Å². The molecule has 3 aromatic rings. The lowest BCUT2D eigenvalue weighted by molar-refractivity contribution is -0.137. The first-order valence-corrected chi connectivity index (χ1v) is 9.30. The zero-order chi connectivity index (χ0) is 20.4. The van der Waals surface area contributed by atoms with Crippen LogP contribution in [0.4, 0.5) is 19.2 Å². The van der Waals surface area contributed by atoms with Crippen LogP contribution in [0.1, 0.15) is 24.0 Å². The molecule has 0 saturated carbocycles. The molecule has 1 N–H and O–H groups in total. The number of nitrogens with zero attached hydrogens (tertiary/aromatic N) is 3. The van der Waals surface area contributed by atoms with Crippen molar-refractivity contribution in [2.45, 2.75) is 25.6 Å². The number of pyridine rings is 1. The summed E-state index contributed by atoms with van der Waals surface area (Å²) in [6, 6.07) is 8.79. The fourth-order valence-electron chi connectivity index (χ4n) is 3.40. The monoisotopic (exact) mass is 404 g/mol. The number of carbonyl (C=O) groups is 1. The molecule has 0 bridgehead atoms. The van der Waals surface area contributed by atoms with Crippen molar-refractivity contribution in [2.75, 3.05) is 18.0 Å². The summed E-state index contributed by atoms with van der Waals surface area (Å²) < 4.78 is 43.6. The van der Waals surface area contributed by atoms with E-state index >= 15 is 0 Å². The first kappa shape index (κ1) is 19.2. The van der Waals surface area contributed by atoms with Gasteiger partial charge in [0.05, 0.1) is 11.5 Å². The first-order valence-electron chi connectivity index (χ1n) is 9.30. The molecule has 1 aliphatic rings. The minimum Gasteiger partial charge on any atom is -0.422 e. The Bertz CT molecular complexity index is 968. The highest BCUT2D eigenvalue weighted by Gasteiger charge is 2.30. The number of piperidine rings is 1. The molecule has 1 saturated heterocycles. The molecule has 6 nitrogen and oxygen atoms in total. The van der Waals surface area contributed by atoms with Crippen molar-refractivity contribution in [3.05, 3.63) is 53.7 Å². The molecule has 4 rings (SSSR count). The summed E-state index contributed by atoms with van der Waals surface area (Å²) in [5.41, 5.74) is 1.03. The molecule has 1 amide bonds. The molecule has 1 atom stereocenters. The molecule has 0 radical (unpaired) electrons. The summed E-state index contributed by atoms with van der Waals surface area (Å²) in [7, 11) is 0. The van der Waals surface area contributed by atoms with Gasteiger partial charge in [0.25, 0.3) is 6.01 Å². The maximum Gasteiger partial charge on any atom is 0.416 e. The second-order valence-corrected chi connectivity index (χ2v) is 7.02. The number of benzene rings is 1. The molecule has 9 heteroatoms. The van der Waals surface area contributed by atoms with E-state index in [-0.39, 0.29) is 18.4 Å². The predicted octanol–water partition coefficient (Wildman–Crippen LogP) is 3.77. The Morgan fingerprint density at radius 1 is 1.24 bits per heavy atom. The van der Waals surface area contributed by atoms with Gasteiger partial charge in [-0.3, -0.25) is 4.79 Å². The Morgan fingerprint density at radius 2 is 2.03 bits per heavy atom. The maximum absolute atomic E-state index is 12.6. The van der Waals surface area contributed by atoms with Crippen molar-refractivity contribution in [3.8, 4) is 0 Å². The number of nitrogens with one attached hydrogen (secondary N) is 1. The van der Waals surface area contributed by atoms with E-state index in [1.54, 1.807) is 18.3 Å². The lowest BCUT2D eigenvalue weighted by atomic mass is 9.97. The zero-order valence-corrected chi connectivity index (χ0v) is 15.4. The number of hydrogen-bond acceptors (Lipinski definition) is 5. The molecule has 1 aliphatic heterocycles. The van der Waals surface area contributed by atoms with Gasteiger partial charge in [0.1, 0.15) is 0 Å². The van der Waals surface area contributed by atoms with E-state index in [0.29, 0.717) is 29.4 Å². The van der Waals surface area contributed by atoms with Gasteiger partial charge in [-0.2, -0.15) is 18.2 Å². The van der Waals surface area contributed by atoms with Crippen molar-refractivity contribution in [1.29, 1.82) is 0 Å². The predicted molar refractivity (Wildman–Crippen MR) is 100 cm³/mol. The Morgan fingerprint density at radius 3 is 2.76 bits per heavy atom. The van der Waals surface area contributed by atoms with Crippen LogP contribution in [0.3, 0.4) is 0 Å². The van der Waals surface area contributed by atoms with Crippen molar-refractivity contribution in [1.82, 2.24) is 15.3 Å². The van der Waals surface area contributed by atoms with Crippen LogP contribution >= 0.6 is 0 Å². The Labute approximate surface area is 164 Å². The van der Waals surface area contributed by atoms with Crippen LogP contribution in [0.5, 0.6) is 0 Å². The molecule has 3 heterocycles. The number of carbonyl (C=O) groups excluding carboxylic acids is 1. The third kappa shape index (κ3) is 4.33. The molecule has 0 aliphatic carbocycles. The average Bonchev–Trinajstić information content (AvgIpc) is 3.16. The molecule has 0 spiro atoms. The standard InChI is InChI=1S/C20H19F3N4O2/c21-20(22,23)15-7-5-13(6-8-15)11-25-18(28)14-3-2-10-27(12-14)19-26-17-16(29-19)4-1-9-24-17/h1,4-9,14H,2-3,10-12H2,(H,25,28). The highest BCUT2D eigenvalue weighted by atomic mass is 19.4. The average molecular weight is 404 g/mol. The second kappa shape index (κ2) is 7.73. The number of amides is 1. The van der Waals surface area contributed by atoms with Gasteiger partial charge >= 0.3 is 6.18 Å². The lowest BCUT2D eigenvalue weighted by Gasteiger charge is -2.30. The lowest BCUT2D eigenvalue weighted by Crippen LogP contribution is -2.43. The number of hydrogen-bond donors (Lipinski definition) is 1. The SMILES string of the molecule is O=C(NCc1ccc(C(F)(F)F)cc1)C1CCCN(c2nc3ncccc3o2)C1. The van der Waals surface area contributed by atoms with Crippen molar-refractivity contribution < 1.29 is 22.4 Å². The number of aromatic nitrogens is 2. The Balaban J connectivity index is 1.36. The quantitative estimate of drug-likeness (QED) is 0.717. The van der Waals surface area contributed by atoms with Crippen molar-refractivity contribution in [2.24, 2.45) is 5.92 Å². The summed E-state index contributed by atoms with van der Waals surface area (Å²) >= 11 is 0. The number of alkyl halides is 3. The second-order valence-electron chi connectivity index (χ2n) is 7.02. The smallest absolute Gasteiger partial charge is 0.416 e. The molecule has 1 aromatic carbocycles. The fourth-order valence-corrected chi connectivity index (χ4v) is 3.40. The van der Waals surface area contributed by atoms with Crippen LogP contribution in [0.2, 0.25) is 0 Å². The molecular weight excluding hydrogens is 385 g/mol. The van der Waals surface area contributed by atoms with Crippen LogP contribution in [-0.4, -0.2) is 29.0 Å². The Hall–Kier alpha value is -3.10. The van der Waals surface area contributed by atoms with Crippen LogP contribution < -0.4 is 10.2 Å². The van der Waals surface area contributed by atoms with Crippen molar-refractivity contribution >= 4 is 23.2 Å². The van der Waals surface area contributed by atoms with E-state index in [9.17, 15) is 18.0 Å². The number of oxazole rings is 1. The summed E-state index contributed by atoms with van der Waals surface area (Å²) in [4.78, 5) is 23.0. The maximum atomic E-state index is 12.6. The fraction of sp³-hybridized carbons (Fsp3) is 0.350. The van der Waals surface area contributed by atoms with E-state index in [4.69, 9.17) is 4.42 Å². The largest absolute Gasteiger partial charge is 0.422 e. The zero-order valence-electron chi connectivity index (χ0n) is 15.4. The van der Waals surface area contributed by atoms with Crippen LogP contribution in [0.15, 0.2) is 47.0 Å². The van der Waals surface area contributed by atoms with Crippen LogP contribution in [-0.2, 0) is 17.5 Å². The third-order valence-electron chi connectivity index (χ3n) is 4.96. The summed E-state index contributed by atoms with van der Waals surface area (Å²) in [6.45, 7) is 1.38. The first-order chi connectivity index (χ1) is 13.9. The summed E-state index contributed by atoms with van der Waals surface area (Å²) in [5.74, 6) is -0.384. The molecule has 1 unspecified atom stereocenters. The third-order valence-corrected chi connectivity index (χ3v) is 4.96. The van der Waals surface area contributed by atoms with E-state index in [0.717, 1.165) is 31.5 Å². The minimum atomic E-state index is -4.37. The Kier molecular flexibility index (Phi) is 5.12. The van der Waals surface area contributed by atoms with Gasteiger partial charge in [-0.15, -0.1) is 0 Å². The number of fused-ring (bicyclic) bond motifs is 1. The number of halogens is 3. The van der Waals surface area contributed by atoms with E-state index in [1.807, 2.05) is 4.90 Å². The van der Waals surface area contributed by atoms with Crippen molar-refractivity contribution in [3.63, 3.8) is 0 Å². The van der Waals surface area contributed by atoms with Gasteiger partial charge in [0.2, 0.25) is 11.6 Å².